The maximum Gasteiger partial charge on any atom is 0.266 e. The summed E-state index contributed by atoms with van der Waals surface area (Å²) in [4.78, 5) is 2.88. The normalized spacial score (nSPS) is 11.3. The summed E-state index contributed by atoms with van der Waals surface area (Å²) in [6, 6.07) is 9.00. The average Bonchev–Trinajstić information content (AvgIpc) is 3.27. The van der Waals surface area contributed by atoms with Crippen LogP contribution < -0.4 is 20.7 Å². The van der Waals surface area contributed by atoms with E-state index in [-0.39, 0.29) is 17.4 Å². The zero-order valence-corrected chi connectivity index (χ0v) is 19.0. The lowest BCUT2D eigenvalue weighted by atomic mass is 10.1. The lowest BCUT2D eigenvalue weighted by molar-refractivity contribution is 0.557. The lowest BCUT2D eigenvalue weighted by Crippen LogP contribution is -2.17. The number of sulfonamides is 1. The van der Waals surface area contributed by atoms with E-state index in [0.29, 0.717) is 6.07 Å². The largest absolute Gasteiger partial charge is 0.385 e. The van der Waals surface area contributed by atoms with Gasteiger partial charge >= 0.3 is 0 Å². The van der Waals surface area contributed by atoms with E-state index in [1.165, 1.54) is 0 Å². The molecule has 0 bridgehead atoms. The maximum absolute atomic E-state index is 14.6. The van der Waals surface area contributed by atoms with Crippen molar-refractivity contribution in [2.45, 2.75) is 24.8 Å². The quantitative estimate of drug-likeness (QED) is 0.292. The Kier molecular flexibility index (Phi) is 8.31. The molecule has 0 saturated heterocycles. The summed E-state index contributed by atoms with van der Waals surface area (Å²) in [5.74, 6) is -1.97. The Hall–Kier alpha value is -2.83. The standard InChI is InChI=1S/C20H24F2N6O2S2/c1-2-23-8-5-9-24-17-7-4-3-6-14(17)12-25-18-10-16(22)19(11-15(18)21)32(29,30)28-20-26-13-27-31-20/h3-4,6-7,10-11,13,23-25H,2,5,8-9,12H2,1H3,(H,26,27,28). The molecule has 32 heavy (non-hydrogen) atoms. The molecule has 8 nitrogen and oxygen atoms in total. The van der Waals surface area contributed by atoms with Gasteiger partial charge in [-0.3, -0.25) is 4.72 Å². The topological polar surface area (TPSA) is 108 Å². The van der Waals surface area contributed by atoms with Gasteiger partial charge in [0.25, 0.3) is 10.0 Å². The van der Waals surface area contributed by atoms with Gasteiger partial charge in [0.15, 0.2) is 0 Å². The van der Waals surface area contributed by atoms with Gasteiger partial charge in [-0.2, -0.15) is 4.37 Å². The van der Waals surface area contributed by atoms with Crippen molar-refractivity contribution >= 4 is 38.1 Å². The van der Waals surface area contributed by atoms with Gasteiger partial charge < -0.3 is 16.0 Å². The van der Waals surface area contributed by atoms with Crippen LogP contribution in [-0.2, 0) is 16.6 Å². The number of benzene rings is 2. The smallest absolute Gasteiger partial charge is 0.266 e. The second-order valence-corrected chi connectivity index (χ2v) is 9.19. The molecule has 3 rings (SSSR count). The van der Waals surface area contributed by atoms with Crippen molar-refractivity contribution in [3.05, 3.63) is 59.9 Å². The molecule has 0 atom stereocenters. The minimum absolute atomic E-state index is 0.0402. The number of aromatic nitrogens is 2. The van der Waals surface area contributed by atoms with Crippen LogP contribution in [0.4, 0.5) is 25.3 Å². The Bertz CT molecular complexity index is 1130. The Morgan fingerprint density at radius 3 is 2.59 bits per heavy atom. The summed E-state index contributed by atoms with van der Waals surface area (Å²) in [6.07, 6.45) is 2.09. The molecule has 3 aromatic rings. The molecule has 0 fully saturated rings. The predicted molar refractivity (Wildman–Crippen MR) is 122 cm³/mol. The fourth-order valence-electron chi connectivity index (χ4n) is 2.91. The highest BCUT2D eigenvalue weighted by Gasteiger charge is 2.23. The Morgan fingerprint density at radius 1 is 1.03 bits per heavy atom. The lowest BCUT2D eigenvalue weighted by Gasteiger charge is -2.15. The van der Waals surface area contributed by atoms with Crippen molar-refractivity contribution in [1.82, 2.24) is 14.7 Å². The molecule has 2 aromatic carbocycles. The third-order valence-corrected chi connectivity index (χ3v) is 6.54. The number of nitrogens with one attached hydrogen (secondary N) is 4. The van der Waals surface area contributed by atoms with Gasteiger partial charge in [-0.05, 0) is 37.2 Å². The second kappa shape index (κ2) is 11.2. The summed E-state index contributed by atoms with van der Waals surface area (Å²) in [5.41, 5.74) is 1.61. The van der Waals surface area contributed by atoms with Gasteiger partial charge in [0.05, 0.1) is 5.69 Å². The van der Waals surface area contributed by atoms with Crippen LogP contribution >= 0.6 is 11.5 Å². The SMILES string of the molecule is CCNCCCNc1ccccc1CNc1cc(F)c(S(=O)(=O)Nc2ncns2)cc1F. The highest BCUT2D eigenvalue weighted by Crippen LogP contribution is 2.26. The zero-order chi connectivity index (χ0) is 23.0. The number of nitrogens with zero attached hydrogens (tertiary/aromatic N) is 2. The Morgan fingerprint density at radius 2 is 1.84 bits per heavy atom. The Balaban J connectivity index is 1.68. The molecular formula is C20H24F2N6O2S2. The molecule has 0 spiro atoms. The number of hydrogen-bond donors (Lipinski definition) is 4. The summed E-state index contributed by atoms with van der Waals surface area (Å²) in [7, 11) is -4.34. The zero-order valence-electron chi connectivity index (χ0n) is 17.4. The molecule has 0 saturated carbocycles. The molecule has 0 radical (unpaired) electrons. The molecule has 172 valence electrons. The second-order valence-electron chi connectivity index (χ2n) is 6.76. The number of rotatable bonds is 12. The molecular weight excluding hydrogens is 458 g/mol. The van der Waals surface area contributed by atoms with Crippen molar-refractivity contribution in [2.24, 2.45) is 0 Å². The van der Waals surface area contributed by atoms with Gasteiger partial charge in [-0.25, -0.2) is 22.2 Å². The van der Waals surface area contributed by atoms with E-state index in [1.54, 1.807) is 0 Å². The predicted octanol–water partition coefficient (Wildman–Crippen LogP) is 3.64. The molecule has 0 aliphatic heterocycles. The van der Waals surface area contributed by atoms with Crippen LogP contribution in [0.3, 0.4) is 0 Å². The van der Waals surface area contributed by atoms with E-state index in [1.807, 2.05) is 31.2 Å². The third kappa shape index (κ3) is 6.34. The molecule has 0 aliphatic carbocycles. The molecule has 0 amide bonds. The van der Waals surface area contributed by atoms with Gasteiger partial charge in [0, 0.05) is 36.4 Å². The van der Waals surface area contributed by atoms with E-state index in [9.17, 15) is 17.2 Å². The van der Waals surface area contributed by atoms with Crippen LogP contribution in [0, 0.1) is 11.6 Å². The van der Waals surface area contributed by atoms with Crippen LogP contribution in [0.1, 0.15) is 18.9 Å². The fraction of sp³-hybridized carbons (Fsp3) is 0.300. The number of para-hydroxylation sites is 1. The van der Waals surface area contributed by atoms with E-state index >= 15 is 0 Å². The van der Waals surface area contributed by atoms with Crippen LogP contribution in [0.15, 0.2) is 47.6 Å². The third-order valence-electron chi connectivity index (χ3n) is 4.48. The van der Waals surface area contributed by atoms with E-state index < -0.39 is 26.6 Å². The Labute approximate surface area is 189 Å². The van der Waals surface area contributed by atoms with Gasteiger partial charge in [0.1, 0.15) is 22.9 Å². The summed E-state index contributed by atoms with van der Waals surface area (Å²) in [5, 5.41) is 9.39. The van der Waals surface area contributed by atoms with Gasteiger partial charge in [-0.1, -0.05) is 25.1 Å². The minimum atomic E-state index is -4.34. The van der Waals surface area contributed by atoms with E-state index in [2.05, 4.69) is 30.0 Å². The monoisotopic (exact) mass is 482 g/mol. The number of anilines is 3. The summed E-state index contributed by atoms with van der Waals surface area (Å²) < 4.78 is 59.6. The van der Waals surface area contributed by atoms with Crippen molar-refractivity contribution in [1.29, 1.82) is 0 Å². The van der Waals surface area contributed by atoms with Crippen molar-refractivity contribution in [3.63, 3.8) is 0 Å². The molecule has 0 unspecified atom stereocenters. The first-order chi connectivity index (χ1) is 15.4. The summed E-state index contributed by atoms with van der Waals surface area (Å²) in [6.45, 7) is 4.86. The average molecular weight is 483 g/mol. The van der Waals surface area contributed by atoms with E-state index in [0.717, 1.165) is 61.2 Å². The fourth-order valence-corrected chi connectivity index (χ4v) is 4.64. The first-order valence-corrected chi connectivity index (χ1v) is 12.2. The van der Waals surface area contributed by atoms with E-state index in [4.69, 9.17) is 0 Å². The van der Waals surface area contributed by atoms with Gasteiger partial charge in [-0.15, -0.1) is 0 Å². The molecule has 0 aliphatic rings. The van der Waals surface area contributed by atoms with Crippen molar-refractivity contribution in [2.75, 3.05) is 35.0 Å². The molecule has 1 aromatic heterocycles. The number of halogens is 2. The van der Waals surface area contributed by atoms with Crippen molar-refractivity contribution < 1.29 is 17.2 Å². The van der Waals surface area contributed by atoms with Crippen LogP contribution in [-0.4, -0.2) is 37.4 Å². The first-order valence-electron chi connectivity index (χ1n) is 9.95. The molecule has 1 heterocycles. The summed E-state index contributed by atoms with van der Waals surface area (Å²) >= 11 is 0.785. The van der Waals surface area contributed by atoms with Crippen LogP contribution in [0.5, 0.6) is 0 Å². The molecule has 12 heteroatoms. The first kappa shape index (κ1) is 23.8. The number of hydrogen-bond acceptors (Lipinski definition) is 8. The van der Waals surface area contributed by atoms with Crippen molar-refractivity contribution in [3.8, 4) is 0 Å². The minimum Gasteiger partial charge on any atom is -0.385 e. The molecule has 4 N–H and O–H groups in total. The van der Waals surface area contributed by atoms with Crippen LogP contribution in [0.25, 0.3) is 0 Å². The van der Waals surface area contributed by atoms with Gasteiger partial charge in [0.2, 0.25) is 5.13 Å². The maximum atomic E-state index is 14.6. The van der Waals surface area contributed by atoms with Crippen LogP contribution in [0.2, 0.25) is 0 Å². The highest BCUT2D eigenvalue weighted by molar-refractivity contribution is 7.93. The highest BCUT2D eigenvalue weighted by atomic mass is 32.2.